The van der Waals surface area contributed by atoms with Crippen LogP contribution in [0.25, 0.3) is 0 Å². The van der Waals surface area contributed by atoms with Gasteiger partial charge < -0.3 is 4.52 Å². The average molecular weight is 245 g/mol. The molecule has 0 unspecified atom stereocenters. The van der Waals surface area contributed by atoms with Gasteiger partial charge in [0.15, 0.2) is 5.82 Å². The van der Waals surface area contributed by atoms with Crippen LogP contribution in [0.4, 0.5) is 5.82 Å². The van der Waals surface area contributed by atoms with Gasteiger partial charge in [0, 0.05) is 12.6 Å². The van der Waals surface area contributed by atoms with Crippen LogP contribution < -0.4 is 4.90 Å². The van der Waals surface area contributed by atoms with Crippen LogP contribution in [0, 0.1) is 6.92 Å². The molecule has 0 bridgehead atoms. The van der Waals surface area contributed by atoms with Crippen LogP contribution in [0.15, 0.2) is 10.6 Å². The van der Waals surface area contributed by atoms with Gasteiger partial charge in [0.2, 0.25) is 5.91 Å². The van der Waals surface area contributed by atoms with Gasteiger partial charge in [-0.2, -0.15) is 0 Å². The second-order valence-corrected chi connectivity index (χ2v) is 4.15. The number of anilines is 1. The van der Waals surface area contributed by atoms with Gasteiger partial charge in [0.1, 0.15) is 5.76 Å². The summed E-state index contributed by atoms with van der Waals surface area (Å²) in [6.07, 6.45) is 0.824. The molecule has 1 aromatic rings. The Labute approximate surface area is 84.0 Å². The standard InChI is InChI=1S/C8H9BrN2O2/c1-5-4-7(10-13-5)11-3-2-6(9)8(11)12/h4,6H,2-3H2,1H3/t6-/m1/s1. The van der Waals surface area contributed by atoms with Crippen molar-refractivity contribution in [2.24, 2.45) is 0 Å². The van der Waals surface area contributed by atoms with E-state index in [1.54, 1.807) is 11.0 Å². The number of aryl methyl sites for hydroxylation is 1. The molecule has 70 valence electrons. The van der Waals surface area contributed by atoms with Crippen molar-refractivity contribution >= 4 is 27.7 Å². The predicted octanol–water partition coefficient (Wildman–Crippen LogP) is 1.48. The lowest BCUT2D eigenvalue weighted by molar-refractivity contribution is -0.116. The first-order chi connectivity index (χ1) is 6.18. The van der Waals surface area contributed by atoms with Gasteiger partial charge in [-0.25, -0.2) is 0 Å². The number of carbonyl (C=O) groups is 1. The van der Waals surface area contributed by atoms with Gasteiger partial charge in [0.05, 0.1) is 4.83 Å². The Bertz CT molecular complexity index is 337. The van der Waals surface area contributed by atoms with Gasteiger partial charge in [0.25, 0.3) is 0 Å². The molecular weight excluding hydrogens is 236 g/mol. The maximum absolute atomic E-state index is 11.5. The Morgan fingerprint density at radius 1 is 1.77 bits per heavy atom. The first-order valence-electron chi connectivity index (χ1n) is 4.07. The summed E-state index contributed by atoms with van der Waals surface area (Å²) in [7, 11) is 0. The highest BCUT2D eigenvalue weighted by Crippen LogP contribution is 2.24. The summed E-state index contributed by atoms with van der Waals surface area (Å²) in [6, 6.07) is 1.77. The van der Waals surface area contributed by atoms with Crippen molar-refractivity contribution in [2.75, 3.05) is 11.4 Å². The van der Waals surface area contributed by atoms with Crippen molar-refractivity contribution in [1.29, 1.82) is 0 Å². The number of halogens is 1. The molecule has 5 heteroatoms. The number of carbonyl (C=O) groups excluding carboxylic acids is 1. The van der Waals surface area contributed by atoms with Crippen molar-refractivity contribution in [3.8, 4) is 0 Å². The molecule has 0 aromatic carbocycles. The van der Waals surface area contributed by atoms with E-state index in [0.717, 1.165) is 12.2 Å². The monoisotopic (exact) mass is 244 g/mol. The SMILES string of the molecule is Cc1cc(N2CC[C@@H](Br)C2=O)no1. The zero-order valence-corrected chi connectivity index (χ0v) is 8.74. The fourth-order valence-electron chi connectivity index (χ4n) is 1.35. The number of amides is 1. The van der Waals surface area contributed by atoms with Crippen molar-refractivity contribution in [2.45, 2.75) is 18.2 Å². The van der Waals surface area contributed by atoms with E-state index in [-0.39, 0.29) is 10.7 Å². The molecule has 2 heterocycles. The van der Waals surface area contributed by atoms with Crippen LogP contribution in [0.2, 0.25) is 0 Å². The van der Waals surface area contributed by atoms with Crippen molar-refractivity contribution < 1.29 is 9.32 Å². The average Bonchev–Trinajstić information content (AvgIpc) is 2.62. The molecule has 1 aliphatic heterocycles. The highest BCUT2D eigenvalue weighted by atomic mass is 79.9. The van der Waals surface area contributed by atoms with Crippen molar-refractivity contribution in [1.82, 2.24) is 5.16 Å². The molecule has 13 heavy (non-hydrogen) atoms. The highest BCUT2D eigenvalue weighted by molar-refractivity contribution is 9.10. The second kappa shape index (κ2) is 3.14. The lowest BCUT2D eigenvalue weighted by Gasteiger charge is -2.10. The minimum Gasteiger partial charge on any atom is -0.360 e. The van der Waals surface area contributed by atoms with Gasteiger partial charge in [-0.15, -0.1) is 0 Å². The first-order valence-corrected chi connectivity index (χ1v) is 4.99. The van der Waals surface area contributed by atoms with E-state index in [0.29, 0.717) is 12.4 Å². The normalized spacial score (nSPS) is 22.8. The van der Waals surface area contributed by atoms with Crippen LogP contribution >= 0.6 is 15.9 Å². The number of rotatable bonds is 1. The van der Waals surface area contributed by atoms with E-state index in [4.69, 9.17) is 4.52 Å². The maximum atomic E-state index is 11.5. The van der Waals surface area contributed by atoms with E-state index in [2.05, 4.69) is 21.1 Å². The molecule has 0 radical (unpaired) electrons. The molecule has 0 saturated carbocycles. The number of hydrogen-bond acceptors (Lipinski definition) is 3. The lowest BCUT2D eigenvalue weighted by atomic mass is 10.4. The number of nitrogens with zero attached hydrogens (tertiary/aromatic N) is 2. The van der Waals surface area contributed by atoms with Gasteiger partial charge in [-0.3, -0.25) is 9.69 Å². The Balaban J connectivity index is 2.23. The third kappa shape index (κ3) is 1.48. The van der Waals surface area contributed by atoms with E-state index in [1.807, 2.05) is 6.92 Å². The first kappa shape index (κ1) is 8.74. The Morgan fingerprint density at radius 2 is 2.54 bits per heavy atom. The molecular formula is C8H9BrN2O2. The third-order valence-electron chi connectivity index (χ3n) is 2.03. The Kier molecular flexibility index (Phi) is 2.11. The molecule has 4 nitrogen and oxygen atoms in total. The highest BCUT2D eigenvalue weighted by Gasteiger charge is 2.31. The number of hydrogen-bond donors (Lipinski definition) is 0. The number of alkyl halides is 1. The van der Waals surface area contributed by atoms with Crippen molar-refractivity contribution in [3.63, 3.8) is 0 Å². The quantitative estimate of drug-likeness (QED) is 0.704. The second-order valence-electron chi connectivity index (χ2n) is 3.04. The number of aromatic nitrogens is 1. The lowest BCUT2D eigenvalue weighted by Crippen LogP contribution is -2.27. The fraction of sp³-hybridized carbons (Fsp3) is 0.500. The van der Waals surface area contributed by atoms with Gasteiger partial charge in [-0.1, -0.05) is 21.1 Å². The smallest absolute Gasteiger partial charge is 0.242 e. The molecule has 1 aromatic heterocycles. The minimum atomic E-state index is -0.0653. The van der Waals surface area contributed by atoms with Gasteiger partial charge in [-0.05, 0) is 13.3 Å². The molecule has 1 fully saturated rings. The summed E-state index contributed by atoms with van der Waals surface area (Å²) < 4.78 is 4.90. The van der Waals surface area contributed by atoms with Crippen LogP contribution in [-0.4, -0.2) is 22.4 Å². The molecule has 2 rings (SSSR count). The molecule has 1 saturated heterocycles. The molecule has 0 N–H and O–H groups in total. The summed E-state index contributed by atoms with van der Waals surface area (Å²) in [5.74, 6) is 1.40. The zero-order valence-electron chi connectivity index (χ0n) is 7.16. The summed E-state index contributed by atoms with van der Waals surface area (Å²) in [5, 5.41) is 3.79. The van der Waals surface area contributed by atoms with Crippen LogP contribution in [0.1, 0.15) is 12.2 Å². The Hall–Kier alpha value is -0.840. The predicted molar refractivity (Wildman–Crippen MR) is 50.9 cm³/mol. The van der Waals surface area contributed by atoms with Gasteiger partial charge >= 0.3 is 0 Å². The summed E-state index contributed by atoms with van der Waals surface area (Å²) in [6.45, 7) is 2.52. The van der Waals surface area contributed by atoms with E-state index < -0.39 is 0 Å². The zero-order chi connectivity index (χ0) is 9.42. The largest absolute Gasteiger partial charge is 0.360 e. The molecule has 1 aliphatic rings. The topological polar surface area (TPSA) is 46.3 Å². The molecule has 1 atom stereocenters. The molecule has 1 amide bonds. The summed E-state index contributed by atoms with van der Waals surface area (Å²) >= 11 is 3.30. The molecule has 0 aliphatic carbocycles. The Morgan fingerprint density at radius 3 is 3.00 bits per heavy atom. The van der Waals surface area contributed by atoms with E-state index in [9.17, 15) is 4.79 Å². The van der Waals surface area contributed by atoms with Crippen molar-refractivity contribution in [3.05, 3.63) is 11.8 Å². The third-order valence-corrected chi connectivity index (χ3v) is 2.88. The summed E-state index contributed by atoms with van der Waals surface area (Å²) in [5.41, 5.74) is 0. The van der Waals surface area contributed by atoms with Crippen LogP contribution in [0.3, 0.4) is 0 Å². The molecule has 0 spiro atoms. The van der Waals surface area contributed by atoms with E-state index in [1.165, 1.54) is 0 Å². The van der Waals surface area contributed by atoms with Crippen LogP contribution in [-0.2, 0) is 4.79 Å². The van der Waals surface area contributed by atoms with Crippen LogP contribution in [0.5, 0.6) is 0 Å². The summed E-state index contributed by atoms with van der Waals surface area (Å²) in [4.78, 5) is 13.1. The van der Waals surface area contributed by atoms with E-state index >= 15 is 0 Å². The minimum absolute atomic E-state index is 0.0632. The fourth-order valence-corrected chi connectivity index (χ4v) is 1.81. The maximum Gasteiger partial charge on any atom is 0.242 e.